The highest BCUT2D eigenvalue weighted by Gasteiger charge is 2.27. The Morgan fingerprint density at radius 2 is 2.19 bits per heavy atom. The smallest absolute Gasteiger partial charge is 0.284 e. The van der Waals surface area contributed by atoms with Gasteiger partial charge in [0.15, 0.2) is 11.9 Å². The monoisotopic (exact) mass is 426 g/mol. The molecule has 0 radical (unpaired) electrons. The maximum Gasteiger partial charge on any atom is 0.284 e. The van der Waals surface area contributed by atoms with E-state index in [0.717, 1.165) is 0 Å². The molecule has 162 valence electrons. The lowest BCUT2D eigenvalue weighted by molar-refractivity contribution is -0.134. The first-order chi connectivity index (χ1) is 14.9. The Kier molecular flexibility index (Phi) is 6.96. The summed E-state index contributed by atoms with van der Waals surface area (Å²) in [5.41, 5.74) is 9.09. The number of hydrogen-bond donors (Lipinski definition) is 3. The molecule has 1 aliphatic heterocycles. The summed E-state index contributed by atoms with van der Waals surface area (Å²) >= 11 is 0. The first-order valence-electron chi connectivity index (χ1n) is 9.53. The summed E-state index contributed by atoms with van der Waals surface area (Å²) in [5, 5.41) is 11.5. The zero-order chi connectivity index (χ0) is 22.4. The molecule has 1 aromatic carbocycles. The number of anilines is 1. The normalized spacial score (nSPS) is 16.2. The van der Waals surface area contributed by atoms with E-state index in [1.807, 2.05) is 6.07 Å². The Balaban J connectivity index is 1.94. The fraction of sp³-hybridized carbons (Fsp3) is 0.350. The van der Waals surface area contributed by atoms with E-state index < -0.39 is 17.9 Å². The first-order valence-corrected chi connectivity index (χ1v) is 9.53. The zero-order valence-electron chi connectivity index (χ0n) is 17.0. The standard InChI is InChI=1S/C20H22N6O5/c1-11(18(27)23-2)31-26-19(28)15-16(22)24-17(13-5-3-4-12(8-13)9-21)25-20(15)30-14-6-7-29-10-14/h3-5,8,11,14H,6-7,10H2,1-2H3,(H,23,27)(H,26,28)(H2,22,24,25)/t11-,14+/m1/s1. The van der Waals surface area contributed by atoms with Crippen LogP contribution in [0.3, 0.4) is 0 Å². The van der Waals surface area contributed by atoms with Crippen LogP contribution in [-0.2, 0) is 14.4 Å². The van der Waals surface area contributed by atoms with Gasteiger partial charge in [0.2, 0.25) is 5.88 Å². The number of carbonyl (C=O) groups excluding carboxylic acids is 2. The van der Waals surface area contributed by atoms with E-state index in [1.54, 1.807) is 24.3 Å². The van der Waals surface area contributed by atoms with Crippen molar-refractivity contribution < 1.29 is 23.9 Å². The molecule has 1 aliphatic rings. The van der Waals surface area contributed by atoms with Crippen molar-refractivity contribution in [2.75, 3.05) is 26.0 Å². The molecule has 1 saturated heterocycles. The Hall–Kier alpha value is -3.75. The molecule has 11 nitrogen and oxygen atoms in total. The Bertz CT molecular complexity index is 1020. The zero-order valence-corrected chi connectivity index (χ0v) is 17.0. The second-order valence-electron chi connectivity index (χ2n) is 6.71. The average Bonchev–Trinajstić information content (AvgIpc) is 3.29. The predicted molar refractivity (Wildman–Crippen MR) is 109 cm³/mol. The van der Waals surface area contributed by atoms with E-state index in [2.05, 4.69) is 20.8 Å². The van der Waals surface area contributed by atoms with Crippen molar-refractivity contribution in [3.05, 3.63) is 35.4 Å². The lowest BCUT2D eigenvalue weighted by atomic mass is 10.1. The van der Waals surface area contributed by atoms with Crippen LogP contribution in [0.1, 0.15) is 29.3 Å². The molecule has 2 aromatic rings. The number of carbonyl (C=O) groups is 2. The van der Waals surface area contributed by atoms with Crippen LogP contribution in [0.4, 0.5) is 5.82 Å². The maximum atomic E-state index is 12.7. The fourth-order valence-corrected chi connectivity index (χ4v) is 2.83. The molecule has 31 heavy (non-hydrogen) atoms. The second kappa shape index (κ2) is 9.84. The summed E-state index contributed by atoms with van der Waals surface area (Å²) in [6, 6.07) is 8.70. The number of amides is 2. The molecule has 0 spiro atoms. The van der Waals surface area contributed by atoms with Gasteiger partial charge in [0.25, 0.3) is 11.8 Å². The van der Waals surface area contributed by atoms with Gasteiger partial charge < -0.3 is 20.5 Å². The molecular formula is C20H22N6O5. The predicted octanol–water partition coefficient (Wildman–Crippen LogP) is 0.561. The summed E-state index contributed by atoms with van der Waals surface area (Å²) < 4.78 is 11.2. The second-order valence-corrected chi connectivity index (χ2v) is 6.71. The summed E-state index contributed by atoms with van der Waals surface area (Å²) in [7, 11) is 1.45. The Labute approximate surface area is 178 Å². The number of hydroxylamine groups is 1. The van der Waals surface area contributed by atoms with Crippen LogP contribution in [0.5, 0.6) is 5.88 Å². The van der Waals surface area contributed by atoms with Gasteiger partial charge >= 0.3 is 0 Å². The molecule has 2 amide bonds. The molecule has 0 saturated carbocycles. The minimum Gasteiger partial charge on any atom is -0.471 e. The van der Waals surface area contributed by atoms with Gasteiger partial charge in [-0.2, -0.15) is 10.2 Å². The van der Waals surface area contributed by atoms with Crippen LogP contribution < -0.4 is 21.3 Å². The van der Waals surface area contributed by atoms with Crippen molar-refractivity contribution in [1.82, 2.24) is 20.8 Å². The van der Waals surface area contributed by atoms with Crippen LogP contribution in [0.2, 0.25) is 0 Å². The highest BCUT2D eigenvalue weighted by atomic mass is 16.7. The number of rotatable bonds is 7. The third-order valence-electron chi connectivity index (χ3n) is 4.49. The number of nitrogens with two attached hydrogens (primary N) is 1. The van der Waals surface area contributed by atoms with E-state index >= 15 is 0 Å². The summed E-state index contributed by atoms with van der Waals surface area (Å²) in [5.74, 6) is -1.18. The summed E-state index contributed by atoms with van der Waals surface area (Å²) in [6.07, 6.45) is -0.629. The van der Waals surface area contributed by atoms with E-state index in [-0.39, 0.29) is 29.2 Å². The highest BCUT2D eigenvalue weighted by molar-refractivity contribution is 6.00. The van der Waals surface area contributed by atoms with Gasteiger partial charge in [0.1, 0.15) is 17.5 Å². The lowest BCUT2D eigenvalue weighted by Gasteiger charge is -2.17. The molecule has 2 heterocycles. The van der Waals surface area contributed by atoms with Crippen molar-refractivity contribution in [2.45, 2.75) is 25.6 Å². The SMILES string of the molecule is CNC(=O)[C@@H](C)ONC(=O)c1c(N)nc(-c2cccc(C#N)c2)nc1O[C@H]1CCOC1. The molecule has 0 aliphatic carbocycles. The van der Waals surface area contributed by atoms with Gasteiger partial charge in [0, 0.05) is 19.0 Å². The lowest BCUT2D eigenvalue weighted by Crippen LogP contribution is -2.38. The molecule has 1 fully saturated rings. The largest absolute Gasteiger partial charge is 0.471 e. The van der Waals surface area contributed by atoms with E-state index in [9.17, 15) is 9.59 Å². The number of hydrogen-bond acceptors (Lipinski definition) is 9. The van der Waals surface area contributed by atoms with Crippen LogP contribution in [0, 0.1) is 11.3 Å². The third kappa shape index (κ3) is 5.25. The molecule has 2 atom stereocenters. The van der Waals surface area contributed by atoms with Gasteiger partial charge in [0.05, 0.1) is 24.8 Å². The number of ether oxygens (including phenoxy) is 2. The number of nitrogens with one attached hydrogen (secondary N) is 2. The van der Waals surface area contributed by atoms with Crippen molar-refractivity contribution in [1.29, 1.82) is 5.26 Å². The number of likely N-dealkylation sites (N-methyl/N-ethyl adjacent to an activating group) is 1. The topological polar surface area (TPSA) is 161 Å². The van der Waals surface area contributed by atoms with E-state index in [1.165, 1.54) is 14.0 Å². The molecule has 1 aromatic heterocycles. The van der Waals surface area contributed by atoms with E-state index in [4.69, 9.17) is 25.3 Å². The number of benzene rings is 1. The van der Waals surface area contributed by atoms with Gasteiger partial charge in [-0.25, -0.2) is 10.5 Å². The molecule has 3 rings (SSSR count). The highest BCUT2D eigenvalue weighted by Crippen LogP contribution is 2.28. The summed E-state index contributed by atoms with van der Waals surface area (Å²) in [6.45, 7) is 2.34. The van der Waals surface area contributed by atoms with Gasteiger partial charge in [-0.05, 0) is 19.1 Å². The van der Waals surface area contributed by atoms with Crippen molar-refractivity contribution >= 4 is 17.6 Å². The fourth-order valence-electron chi connectivity index (χ4n) is 2.83. The average molecular weight is 426 g/mol. The Morgan fingerprint density at radius 1 is 1.39 bits per heavy atom. The molecular weight excluding hydrogens is 404 g/mol. The number of nitrogens with zero attached hydrogens (tertiary/aromatic N) is 3. The first kappa shape index (κ1) is 21.9. The van der Waals surface area contributed by atoms with Gasteiger partial charge in [-0.3, -0.25) is 14.4 Å². The number of nitrogen functional groups attached to an aromatic ring is 1. The molecule has 0 unspecified atom stereocenters. The van der Waals surface area contributed by atoms with Crippen molar-refractivity contribution in [3.8, 4) is 23.3 Å². The van der Waals surface area contributed by atoms with Crippen molar-refractivity contribution in [3.63, 3.8) is 0 Å². The minimum atomic E-state index is -0.934. The summed E-state index contributed by atoms with van der Waals surface area (Å²) in [4.78, 5) is 38.0. The van der Waals surface area contributed by atoms with Crippen LogP contribution in [0.25, 0.3) is 11.4 Å². The maximum absolute atomic E-state index is 12.7. The number of nitriles is 1. The van der Waals surface area contributed by atoms with Crippen LogP contribution >= 0.6 is 0 Å². The van der Waals surface area contributed by atoms with Crippen molar-refractivity contribution in [2.24, 2.45) is 0 Å². The minimum absolute atomic E-state index is 0.0472. The van der Waals surface area contributed by atoms with Crippen LogP contribution in [0.15, 0.2) is 24.3 Å². The van der Waals surface area contributed by atoms with Gasteiger partial charge in [-0.1, -0.05) is 12.1 Å². The molecule has 4 N–H and O–H groups in total. The number of aromatic nitrogens is 2. The quantitative estimate of drug-likeness (QED) is 0.537. The molecule has 0 bridgehead atoms. The Morgan fingerprint density at radius 3 is 2.87 bits per heavy atom. The van der Waals surface area contributed by atoms with Gasteiger partial charge in [-0.15, -0.1) is 0 Å². The molecule has 11 heteroatoms. The van der Waals surface area contributed by atoms with Crippen LogP contribution in [-0.4, -0.2) is 54.3 Å². The third-order valence-corrected chi connectivity index (χ3v) is 4.49. The van der Waals surface area contributed by atoms with E-state index in [0.29, 0.717) is 30.8 Å².